The number of carbonyl (C=O) groups is 2. The molecule has 1 N–H and O–H groups in total. The molecule has 0 heterocycles. The van der Waals surface area contributed by atoms with Gasteiger partial charge in [0.15, 0.2) is 0 Å². The van der Waals surface area contributed by atoms with E-state index in [0.29, 0.717) is 25.1 Å². The molecule has 0 aliphatic rings. The monoisotopic (exact) mass is 352 g/mol. The summed E-state index contributed by atoms with van der Waals surface area (Å²) in [4.78, 5) is 26.8. The van der Waals surface area contributed by atoms with Gasteiger partial charge in [-0.15, -0.1) is 0 Å². The zero-order valence-electron chi connectivity index (χ0n) is 15.9. The molecule has 0 radical (unpaired) electrons. The highest BCUT2D eigenvalue weighted by Crippen LogP contribution is 2.12. The van der Waals surface area contributed by atoms with Crippen molar-refractivity contribution in [2.45, 2.75) is 46.2 Å². The summed E-state index contributed by atoms with van der Waals surface area (Å²) in [5.74, 6) is -0.0765. The topological polar surface area (TPSA) is 49.4 Å². The molecule has 4 nitrogen and oxygen atoms in total. The standard InChI is InChI=1S/C22H28N2O2/c1-4-18(3)24(16-19-10-6-5-7-11-19)21(25)13-14-23-22(26)20-12-8-9-17(2)15-20/h5-12,15,18H,4,13-14,16H2,1-3H3,(H,23,26)/t18-/m1/s1. The van der Waals surface area contributed by atoms with Gasteiger partial charge in [0.2, 0.25) is 5.91 Å². The van der Waals surface area contributed by atoms with E-state index in [1.54, 1.807) is 6.07 Å². The Labute approximate surface area is 156 Å². The quantitative estimate of drug-likeness (QED) is 0.782. The molecule has 1 atom stereocenters. The van der Waals surface area contributed by atoms with Crippen molar-refractivity contribution < 1.29 is 9.59 Å². The van der Waals surface area contributed by atoms with Crippen LogP contribution in [0.2, 0.25) is 0 Å². The predicted octanol–water partition coefficient (Wildman–Crippen LogP) is 3.94. The SMILES string of the molecule is CC[C@@H](C)N(Cc1ccccc1)C(=O)CCNC(=O)c1cccc(C)c1. The first-order valence-corrected chi connectivity index (χ1v) is 9.19. The van der Waals surface area contributed by atoms with Gasteiger partial charge in [0.1, 0.15) is 0 Å². The van der Waals surface area contributed by atoms with Gasteiger partial charge in [-0.1, -0.05) is 55.0 Å². The summed E-state index contributed by atoms with van der Waals surface area (Å²) in [6.45, 7) is 7.03. The summed E-state index contributed by atoms with van der Waals surface area (Å²) in [7, 11) is 0. The number of nitrogens with one attached hydrogen (secondary N) is 1. The average Bonchev–Trinajstić information content (AvgIpc) is 2.66. The van der Waals surface area contributed by atoms with Gasteiger partial charge in [-0.3, -0.25) is 9.59 Å². The highest BCUT2D eigenvalue weighted by molar-refractivity contribution is 5.94. The van der Waals surface area contributed by atoms with Crippen molar-refractivity contribution in [2.24, 2.45) is 0 Å². The van der Waals surface area contributed by atoms with Gasteiger partial charge >= 0.3 is 0 Å². The molecule has 0 saturated carbocycles. The molecule has 0 spiro atoms. The van der Waals surface area contributed by atoms with E-state index >= 15 is 0 Å². The van der Waals surface area contributed by atoms with E-state index in [9.17, 15) is 9.59 Å². The first kappa shape index (κ1) is 19.7. The van der Waals surface area contributed by atoms with Crippen molar-refractivity contribution in [1.29, 1.82) is 0 Å². The molecule has 0 bridgehead atoms. The van der Waals surface area contributed by atoms with Crippen molar-refractivity contribution in [3.05, 3.63) is 71.3 Å². The van der Waals surface area contributed by atoms with Crippen LogP contribution < -0.4 is 5.32 Å². The van der Waals surface area contributed by atoms with E-state index in [2.05, 4.69) is 19.2 Å². The largest absolute Gasteiger partial charge is 0.352 e. The van der Waals surface area contributed by atoms with Crippen molar-refractivity contribution in [2.75, 3.05) is 6.54 Å². The number of nitrogens with zero attached hydrogens (tertiary/aromatic N) is 1. The molecule has 0 aromatic heterocycles. The minimum Gasteiger partial charge on any atom is -0.352 e. The number of hydrogen-bond acceptors (Lipinski definition) is 2. The smallest absolute Gasteiger partial charge is 0.251 e. The maximum absolute atomic E-state index is 12.7. The Hall–Kier alpha value is -2.62. The highest BCUT2D eigenvalue weighted by Gasteiger charge is 2.19. The molecular weight excluding hydrogens is 324 g/mol. The zero-order valence-corrected chi connectivity index (χ0v) is 15.9. The number of carbonyl (C=O) groups excluding carboxylic acids is 2. The Balaban J connectivity index is 1.91. The van der Waals surface area contributed by atoms with Crippen LogP contribution in [0.5, 0.6) is 0 Å². The van der Waals surface area contributed by atoms with Gasteiger partial charge in [0, 0.05) is 31.1 Å². The van der Waals surface area contributed by atoms with Gasteiger partial charge in [0.25, 0.3) is 5.91 Å². The third-order valence-corrected chi connectivity index (χ3v) is 4.54. The number of amides is 2. The fraction of sp³-hybridized carbons (Fsp3) is 0.364. The molecule has 0 saturated heterocycles. The van der Waals surface area contributed by atoms with Crippen LogP contribution in [0.4, 0.5) is 0 Å². The van der Waals surface area contributed by atoms with E-state index in [1.165, 1.54) is 0 Å². The van der Waals surface area contributed by atoms with Gasteiger partial charge < -0.3 is 10.2 Å². The third-order valence-electron chi connectivity index (χ3n) is 4.54. The van der Waals surface area contributed by atoms with Crippen LogP contribution in [0.25, 0.3) is 0 Å². The average molecular weight is 352 g/mol. The van der Waals surface area contributed by atoms with Crippen LogP contribution in [0.3, 0.4) is 0 Å². The van der Waals surface area contributed by atoms with Crippen LogP contribution in [0, 0.1) is 6.92 Å². The normalized spacial score (nSPS) is 11.7. The number of aryl methyl sites for hydroxylation is 1. The molecule has 138 valence electrons. The second-order valence-corrected chi connectivity index (χ2v) is 6.64. The van der Waals surface area contributed by atoms with Gasteiger partial charge in [-0.2, -0.15) is 0 Å². The minimum absolute atomic E-state index is 0.0627. The maximum atomic E-state index is 12.7. The lowest BCUT2D eigenvalue weighted by atomic mass is 10.1. The second kappa shape index (κ2) is 9.76. The lowest BCUT2D eigenvalue weighted by Crippen LogP contribution is -2.39. The van der Waals surface area contributed by atoms with Gasteiger partial charge in [0.05, 0.1) is 0 Å². The van der Waals surface area contributed by atoms with E-state index in [0.717, 1.165) is 17.5 Å². The first-order chi connectivity index (χ1) is 12.5. The van der Waals surface area contributed by atoms with Gasteiger partial charge in [-0.25, -0.2) is 0 Å². The van der Waals surface area contributed by atoms with Crippen molar-refractivity contribution in [3.8, 4) is 0 Å². The van der Waals surface area contributed by atoms with E-state index in [4.69, 9.17) is 0 Å². The van der Waals surface area contributed by atoms with E-state index in [-0.39, 0.29) is 17.9 Å². The Morgan fingerprint density at radius 3 is 2.46 bits per heavy atom. The summed E-state index contributed by atoms with van der Waals surface area (Å²) >= 11 is 0. The fourth-order valence-electron chi connectivity index (χ4n) is 2.81. The molecule has 4 heteroatoms. The summed E-state index contributed by atoms with van der Waals surface area (Å²) in [6, 6.07) is 17.6. The predicted molar refractivity (Wildman–Crippen MR) is 105 cm³/mol. The van der Waals surface area contributed by atoms with Crippen molar-refractivity contribution in [3.63, 3.8) is 0 Å². The van der Waals surface area contributed by atoms with E-state index in [1.807, 2.05) is 60.4 Å². The van der Waals surface area contributed by atoms with Crippen LogP contribution in [-0.4, -0.2) is 29.3 Å². The fourth-order valence-corrected chi connectivity index (χ4v) is 2.81. The Bertz CT molecular complexity index is 728. The molecule has 0 unspecified atom stereocenters. The first-order valence-electron chi connectivity index (χ1n) is 9.19. The summed E-state index contributed by atoms with van der Waals surface area (Å²) in [6.07, 6.45) is 1.20. The molecule has 2 rings (SSSR count). The van der Waals surface area contributed by atoms with Crippen LogP contribution in [-0.2, 0) is 11.3 Å². The van der Waals surface area contributed by atoms with Crippen LogP contribution in [0.1, 0.15) is 48.2 Å². The Morgan fingerprint density at radius 1 is 1.08 bits per heavy atom. The molecular formula is C22H28N2O2. The van der Waals surface area contributed by atoms with Gasteiger partial charge in [-0.05, 0) is 38.0 Å². The third kappa shape index (κ3) is 5.73. The molecule has 2 aromatic carbocycles. The lowest BCUT2D eigenvalue weighted by Gasteiger charge is -2.29. The summed E-state index contributed by atoms with van der Waals surface area (Å²) in [5, 5.41) is 2.85. The molecule has 0 fully saturated rings. The highest BCUT2D eigenvalue weighted by atomic mass is 16.2. The maximum Gasteiger partial charge on any atom is 0.251 e. The lowest BCUT2D eigenvalue weighted by molar-refractivity contribution is -0.133. The number of benzene rings is 2. The van der Waals surface area contributed by atoms with Crippen molar-refractivity contribution in [1.82, 2.24) is 10.2 Å². The number of rotatable bonds is 8. The minimum atomic E-state index is -0.139. The molecule has 0 aliphatic carbocycles. The molecule has 26 heavy (non-hydrogen) atoms. The molecule has 0 aliphatic heterocycles. The molecule has 2 aromatic rings. The second-order valence-electron chi connectivity index (χ2n) is 6.64. The number of hydrogen-bond donors (Lipinski definition) is 1. The zero-order chi connectivity index (χ0) is 18.9. The van der Waals surface area contributed by atoms with Crippen LogP contribution >= 0.6 is 0 Å². The summed E-state index contributed by atoms with van der Waals surface area (Å²) < 4.78 is 0. The summed E-state index contributed by atoms with van der Waals surface area (Å²) in [5.41, 5.74) is 2.78. The Kier molecular flexibility index (Phi) is 7.39. The Morgan fingerprint density at radius 2 is 1.81 bits per heavy atom. The van der Waals surface area contributed by atoms with E-state index < -0.39 is 0 Å². The van der Waals surface area contributed by atoms with Crippen LogP contribution in [0.15, 0.2) is 54.6 Å². The van der Waals surface area contributed by atoms with Crippen molar-refractivity contribution >= 4 is 11.8 Å². The molecule has 2 amide bonds.